The van der Waals surface area contributed by atoms with Crippen LogP contribution in [-0.2, 0) is 4.79 Å². The second-order valence-electron chi connectivity index (χ2n) is 6.16. The quantitative estimate of drug-likeness (QED) is 0.925. The second kappa shape index (κ2) is 7.51. The summed E-state index contributed by atoms with van der Waals surface area (Å²) in [4.78, 5) is 16.2. The maximum absolute atomic E-state index is 13.5. The Morgan fingerprint density at radius 3 is 2.36 bits per heavy atom. The molecule has 0 bridgehead atoms. The highest BCUT2D eigenvalue weighted by atomic mass is 19.1. The molecular formula is C19H21F2N3O. The van der Waals surface area contributed by atoms with E-state index in [2.05, 4.69) is 10.2 Å². The number of rotatable bonds is 4. The predicted molar refractivity (Wildman–Crippen MR) is 94.8 cm³/mol. The van der Waals surface area contributed by atoms with E-state index >= 15 is 0 Å². The molecule has 1 aliphatic heterocycles. The zero-order chi connectivity index (χ0) is 17.8. The molecule has 1 amide bonds. The zero-order valence-corrected chi connectivity index (χ0v) is 14.1. The first-order valence-corrected chi connectivity index (χ1v) is 8.31. The Labute approximate surface area is 146 Å². The molecule has 0 spiro atoms. The molecule has 2 aromatic rings. The number of carbonyl (C=O) groups is 1. The van der Waals surface area contributed by atoms with Crippen molar-refractivity contribution in [2.75, 3.05) is 42.9 Å². The highest BCUT2D eigenvalue weighted by Gasteiger charge is 2.21. The minimum Gasteiger partial charge on any atom is -0.376 e. The van der Waals surface area contributed by atoms with E-state index < -0.39 is 0 Å². The maximum atomic E-state index is 13.5. The van der Waals surface area contributed by atoms with Gasteiger partial charge < -0.3 is 15.1 Å². The fraction of sp³-hybridized carbons (Fsp3) is 0.316. The number of nitrogens with one attached hydrogen (secondary N) is 1. The van der Waals surface area contributed by atoms with Crippen molar-refractivity contribution in [1.82, 2.24) is 4.90 Å². The van der Waals surface area contributed by atoms with Gasteiger partial charge in [-0.25, -0.2) is 8.78 Å². The number of benzene rings is 2. The van der Waals surface area contributed by atoms with E-state index in [-0.39, 0.29) is 24.1 Å². The van der Waals surface area contributed by atoms with E-state index in [9.17, 15) is 13.6 Å². The number of nitrogens with zero attached hydrogens (tertiary/aromatic N) is 2. The second-order valence-corrected chi connectivity index (χ2v) is 6.16. The van der Waals surface area contributed by atoms with Crippen LogP contribution in [0.15, 0.2) is 42.5 Å². The van der Waals surface area contributed by atoms with Gasteiger partial charge in [0.05, 0.1) is 6.54 Å². The molecule has 4 nitrogen and oxygen atoms in total. The number of hydrogen-bond donors (Lipinski definition) is 1. The van der Waals surface area contributed by atoms with E-state index in [1.54, 1.807) is 36.1 Å². The first-order valence-electron chi connectivity index (χ1n) is 8.31. The van der Waals surface area contributed by atoms with Crippen LogP contribution in [0, 0.1) is 18.6 Å². The van der Waals surface area contributed by atoms with Crippen LogP contribution in [0.3, 0.4) is 0 Å². The summed E-state index contributed by atoms with van der Waals surface area (Å²) in [5.74, 6) is -0.554. The van der Waals surface area contributed by atoms with Crippen LogP contribution in [0.4, 0.5) is 20.2 Å². The lowest BCUT2D eigenvalue weighted by Crippen LogP contribution is -2.50. The first-order chi connectivity index (χ1) is 12.0. The molecule has 2 aromatic carbocycles. The molecule has 3 rings (SSSR count). The summed E-state index contributed by atoms with van der Waals surface area (Å²) in [6, 6.07) is 11.2. The SMILES string of the molecule is Cc1ccc(NCC(=O)N2CCN(c3ccc(F)cc3)CC2)cc1F. The third-order valence-corrected chi connectivity index (χ3v) is 4.44. The summed E-state index contributed by atoms with van der Waals surface area (Å²) in [5, 5.41) is 2.97. The molecule has 0 radical (unpaired) electrons. The number of amides is 1. The minimum atomic E-state index is -0.287. The summed E-state index contributed by atoms with van der Waals surface area (Å²) >= 11 is 0. The van der Waals surface area contributed by atoms with Gasteiger partial charge in [0.2, 0.25) is 5.91 Å². The summed E-state index contributed by atoms with van der Waals surface area (Å²) in [6.07, 6.45) is 0. The van der Waals surface area contributed by atoms with Crippen molar-refractivity contribution in [3.05, 3.63) is 59.7 Å². The van der Waals surface area contributed by atoms with Crippen LogP contribution >= 0.6 is 0 Å². The predicted octanol–water partition coefficient (Wildman–Crippen LogP) is 3.03. The van der Waals surface area contributed by atoms with E-state index in [4.69, 9.17) is 0 Å². The number of halogens is 2. The Kier molecular flexibility index (Phi) is 5.16. The van der Waals surface area contributed by atoms with E-state index in [1.807, 2.05) is 0 Å². The van der Waals surface area contributed by atoms with Gasteiger partial charge in [-0.05, 0) is 48.9 Å². The molecule has 132 valence electrons. The van der Waals surface area contributed by atoms with E-state index in [1.165, 1.54) is 18.2 Å². The van der Waals surface area contributed by atoms with Crippen molar-refractivity contribution in [3.63, 3.8) is 0 Å². The highest BCUT2D eigenvalue weighted by Crippen LogP contribution is 2.17. The molecule has 6 heteroatoms. The Bertz CT molecular complexity index is 741. The summed E-state index contributed by atoms with van der Waals surface area (Å²) in [5.41, 5.74) is 2.14. The molecule has 0 atom stereocenters. The summed E-state index contributed by atoms with van der Waals surface area (Å²) < 4.78 is 26.5. The van der Waals surface area contributed by atoms with Gasteiger partial charge in [0.15, 0.2) is 0 Å². The number of aryl methyl sites for hydroxylation is 1. The topological polar surface area (TPSA) is 35.6 Å². The van der Waals surface area contributed by atoms with Crippen LogP contribution in [0.25, 0.3) is 0 Å². The molecule has 1 fully saturated rings. The van der Waals surface area contributed by atoms with Gasteiger partial charge >= 0.3 is 0 Å². The van der Waals surface area contributed by atoms with Gasteiger partial charge in [0.25, 0.3) is 0 Å². The largest absolute Gasteiger partial charge is 0.376 e. The number of anilines is 2. The summed E-state index contributed by atoms with van der Waals surface area (Å²) in [6.45, 7) is 4.47. The average Bonchev–Trinajstić information content (AvgIpc) is 2.63. The van der Waals surface area contributed by atoms with Crippen LogP contribution in [-0.4, -0.2) is 43.5 Å². The number of piperazine rings is 1. The average molecular weight is 345 g/mol. The summed E-state index contributed by atoms with van der Waals surface area (Å²) in [7, 11) is 0. The Hall–Kier alpha value is -2.63. The van der Waals surface area contributed by atoms with Crippen LogP contribution in [0.2, 0.25) is 0 Å². The van der Waals surface area contributed by atoms with Crippen molar-refractivity contribution in [2.24, 2.45) is 0 Å². The van der Waals surface area contributed by atoms with Gasteiger partial charge in [0, 0.05) is 37.6 Å². The lowest BCUT2D eigenvalue weighted by Gasteiger charge is -2.36. The molecule has 0 saturated carbocycles. The van der Waals surface area contributed by atoms with Crippen LogP contribution in [0.1, 0.15) is 5.56 Å². The van der Waals surface area contributed by atoms with Gasteiger partial charge in [-0.15, -0.1) is 0 Å². The lowest BCUT2D eigenvalue weighted by atomic mass is 10.2. The van der Waals surface area contributed by atoms with Crippen molar-refractivity contribution in [3.8, 4) is 0 Å². The molecule has 1 N–H and O–H groups in total. The molecule has 1 saturated heterocycles. The van der Waals surface area contributed by atoms with Gasteiger partial charge in [-0.1, -0.05) is 6.07 Å². The molecule has 25 heavy (non-hydrogen) atoms. The minimum absolute atomic E-state index is 0.0141. The van der Waals surface area contributed by atoms with Gasteiger partial charge in [-0.2, -0.15) is 0 Å². The normalized spacial score (nSPS) is 14.5. The molecule has 0 unspecified atom stereocenters. The molecular weight excluding hydrogens is 324 g/mol. The molecule has 0 aromatic heterocycles. The molecule has 0 aliphatic carbocycles. The number of hydrogen-bond acceptors (Lipinski definition) is 3. The fourth-order valence-electron chi connectivity index (χ4n) is 2.86. The first kappa shape index (κ1) is 17.2. The van der Waals surface area contributed by atoms with Crippen molar-refractivity contribution >= 4 is 17.3 Å². The standard InChI is InChI=1S/C19H21F2N3O/c1-14-2-5-16(12-18(14)21)22-13-19(25)24-10-8-23(9-11-24)17-6-3-15(20)4-7-17/h2-7,12,22H,8-11,13H2,1H3. The Morgan fingerprint density at radius 1 is 1.04 bits per heavy atom. The lowest BCUT2D eigenvalue weighted by molar-refractivity contribution is -0.129. The van der Waals surface area contributed by atoms with E-state index in [0.29, 0.717) is 37.4 Å². The van der Waals surface area contributed by atoms with Crippen LogP contribution in [0.5, 0.6) is 0 Å². The van der Waals surface area contributed by atoms with Crippen molar-refractivity contribution in [2.45, 2.75) is 6.92 Å². The smallest absolute Gasteiger partial charge is 0.241 e. The van der Waals surface area contributed by atoms with Gasteiger partial charge in [0.1, 0.15) is 11.6 Å². The highest BCUT2D eigenvalue weighted by molar-refractivity contribution is 5.81. The van der Waals surface area contributed by atoms with Crippen molar-refractivity contribution < 1.29 is 13.6 Å². The monoisotopic (exact) mass is 345 g/mol. The van der Waals surface area contributed by atoms with E-state index in [0.717, 1.165) is 5.69 Å². The fourth-order valence-corrected chi connectivity index (χ4v) is 2.86. The number of carbonyl (C=O) groups excluding carboxylic acids is 1. The Morgan fingerprint density at radius 2 is 1.72 bits per heavy atom. The van der Waals surface area contributed by atoms with Crippen molar-refractivity contribution in [1.29, 1.82) is 0 Å². The third kappa shape index (κ3) is 4.26. The molecule has 1 heterocycles. The Balaban J connectivity index is 1.49. The third-order valence-electron chi connectivity index (χ3n) is 4.44. The van der Waals surface area contributed by atoms with Crippen LogP contribution < -0.4 is 10.2 Å². The zero-order valence-electron chi connectivity index (χ0n) is 14.1. The maximum Gasteiger partial charge on any atom is 0.241 e. The van der Waals surface area contributed by atoms with Gasteiger partial charge in [-0.3, -0.25) is 4.79 Å². The molecule has 1 aliphatic rings.